The maximum absolute atomic E-state index is 12.3. The second kappa shape index (κ2) is 12.0. The zero-order valence-corrected chi connectivity index (χ0v) is 20.1. The average Bonchev–Trinajstić information content (AvgIpc) is 2.77. The molecule has 0 saturated heterocycles. The van der Waals surface area contributed by atoms with Crippen molar-refractivity contribution in [3.05, 3.63) is 64.7 Å². The Balaban J connectivity index is 2.14. The van der Waals surface area contributed by atoms with Gasteiger partial charge >= 0.3 is 18.2 Å². The van der Waals surface area contributed by atoms with Gasteiger partial charge in [0, 0.05) is 12.1 Å². The molecule has 9 heteroatoms. The van der Waals surface area contributed by atoms with Crippen molar-refractivity contribution < 1.29 is 33.7 Å². The van der Waals surface area contributed by atoms with E-state index in [1.165, 1.54) is 7.11 Å². The first-order valence-electron chi connectivity index (χ1n) is 10.8. The molecular weight excluding hydrogens is 440 g/mol. The van der Waals surface area contributed by atoms with Gasteiger partial charge in [-0.1, -0.05) is 36.4 Å². The van der Waals surface area contributed by atoms with Crippen LogP contribution in [0.3, 0.4) is 0 Å². The Morgan fingerprint density at radius 2 is 1.71 bits per heavy atom. The molecule has 184 valence electrons. The monoisotopic (exact) mass is 472 g/mol. The number of amides is 2. The second-order valence-corrected chi connectivity index (χ2v) is 8.71. The fourth-order valence-corrected chi connectivity index (χ4v) is 3.16. The predicted octanol–water partition coefficient (Wildman–Crippen LogP) is 3.84. The number of carbonyl (C=O) groups is 3. The van der Waals surface area contributed by atoms with Crippen molar-refractivity contribution in [2.24, 2.45) is 0 Å². The smallest absolute Gasteiger partial charge is 0.412 e. The summed E-state index contributed by atoms with van der Waals surface area (Å²) in [6, 6.07) is 11.4. The highest BCUT2D eigenvalue weighted by Gasteiger charge is 2.25. The van der Waals surface area contributed by atoms with E-state index in [1.54, 1.807) is 39.8 Å². The van der Waals surface area contributed by atoms with Crippen molar-refractivity contribution in [2.45, 2.75) is 59.0 Å². The second-order valence-electron chi connectivity index (χ2n) is 8.71. The fraction of sp³-hybridized carbons (Fsp3) is 0.400. The quantitative estimate of drug-likeness (QED) is 0.394. The van der Waals surface area contributed by atoms with Gasteiger partial charge in [0.1, 0.15) is 18.2 Å². The zero-order valence-electron chi connectivity index (χ0n) is 20.1. The number of anilines is 1. The number of ether oxygens (including phenoxy) is 3. The Bertz CT molecular complexity index is 1000. The van der Waals surface area contributed by atoms with Gasteiger partial charge < -0.3 is 24.6 Å². The highest BCUT2D eigenvalue weighted by molar-refractivity contribution is 5.86. The molecule has 0 fully saturated rings. The summed E-state index contributed by atoms with van der Waals surface area (Å²) in [5.41, 5.74) is 2.38. The summed E-state index contributed by atoms with van der Waals surface area (Å²) in [6.45, 7) is 6.75. The minimum absolute atomic E-state index is 0.0482. The van der Waals surface area contributed by atoms with Crippen molar-refractivity contribution in [1.29, 1.82) is 0 Å². The van der Waals surface area contributed by atoms with E-state index in [2.05, 4.69) is 10.6 Å². The van der Waals surface area contributed by atoms with Gasteiger partial charge in [-0.05, 0) is 56.0 Å². The number of esters is 1. The Kier molecular flexibility index (Phi) is 9.44. The number of hydrogen-bond acceptors (Lipinski definition) is 7. The third kappa shape index (κ3) is 8.40. The number of aliphatic hydroxyl groups excluding tert-OH is 1. The largest absolute Gasteiger partial charge is 0.467 e. The Morgan fingerprint density at radius 1 is 1.03 bits per heavy atom. The number of hydrogen-bond donors (Lipinski definition) is 3. The van der Waals surface area contributed by atoms with Crippen LogP contribution in [0.15, 0.2) is 42.5 Å². The van der Waals surface area contributed by atoms with E-state index in [-0.39, 0.29) is 19.6 Å². The number of aryl methyl sites for hydroxylation is 1. The van der Waals surface area contributed by atoms with Crippen LogP contribution in [0.1, 0.15) is 43.0 Å². The van der Waals surface area contributed by atoms with E-state index in [0.29, 0.717) is 22.4 Å². The van der Waals surface area contributed by atoms with Crippen molar-refractivity contribution in [3.63, 3.8) is 0 Å². The lowest BCUT2D eigenvalue weighted by Crippen LogP contribution is -2.43. The molecule has 34 heavy (non-hydrogen) atoms. The van der Waals surface area contributed by atoms with Crippen LogP contribution >= 0.6 is 0 Å². The molecule has 0 aliphatic rings. The number of benzene rings is 2. The van der Waals surface area contributed by atoms with Gasteiger partial charge in [0.05, 0.1) is 13.7 Å². The summed E-state index contributed by atoms with van der Waals surface area (Å²) >= 11 is 0. The van der Waals surface area contributed by atoms with Crippen molar-refractivity contribution in [3.8, 4) is 0 Å². The number of aliphatic hydroxyl groups is 1. The molecular formula is C25H32N2O7. The fourth-order valence-electron chi connectivity index (χ4n) is 3.16. The summed E-state index contributed by atoms with van der Waals surface area (Å²) in [7, 11) is 1.22. The van der Waals surface area contributed by atoms with Gasteiger partial charge in [0.25, 0.3) is 0 Å². The normalized spacial score (nSPS) is 11.8. The lowest BCUT2D eigenvalue weighted by Gasteiger charge is -2.22. The number of carbonyl (C=O) groups excluding carboxylic acids is 3. The molecule has 0 aromatic heterocycles. The highest BCUT2D eigenvalue weighted by atomic mass is 16.6. The van der Waals surface area contributed by atoms with Crippen LogP contribution in [-0.2, 0) is 38.6 Å². The number of methoxy groups -OCH3 is 1. The maximum Gasteiger partial charge on any atom is 0.412 e. The van der Waals surface area contributed by atoms with Crippen LogP contribution in [0.2, 0.25) is 0 Å². The first-order chi connectivity index (χ1) is 16.0. The van der Waals surface area contributed by atoms with E-state index < -0.39 is 29.8 Å². The SMILES string of the molecule is COC(=O)C(Cc1cc(C)c(NC(=O)OC(C)(C)C)cc1CO)NC(=O)OCc1ccccc1. The van der Waals surface area contributed by atoms with Crippen LogP contribution in [0.4, 0.5) is 15.3 Å². The lowest BCUT2D eigenvalue weighted by molar-refractivity contribution is -0.143. The summed E-state index contributed by atoms with van der Waals surface area (Å²) in [5, 5.41) is 15.1. The molecule has 0 saturated carbocycles. The molecule has 0 spiro atoms. The van der Waals surface area contributed by atoms with Crippen LogP contribution in [-0.4, -0.2) is 42.0 Å². The summed E-state index contributed by atoms with van der Waals surface area (Å²) < 4.78 is 15.3. The number of nitrogens with one attached hydrogen (secondary N) is 2. The number of rotatable bonds is 8. The highest BCUT2D eigenvalue weighted by Crippen LogP contribution is 2.24. The van der Waals surface area contributed by atoms with Gasteiger partial charge in [-0.3, -0.25) is 5.32 Å². The molecule has 9 nitrogen and oxygen atoms in total. The van der Waals surface area contributed by atoms with E-state index >= 15 is 0 Å². The lowest BCUT2D eigenvalue weighted by atomic mass is 9.97. The Morgan fingerprint density at radius 3 is 2.29 bits per heavy atom. The van der Waals surface area contributed by atoms with E-state index in [1.807, 2.05) is 30.3 Å². The molecule has 0 aliphatic carbocycles. The molecule has 0 radical (unpaired) electrons. The summed E-state index contributed by atoms with van der Waals surface area (Å²) in [4.78, 5) is 36.8. The predicted molar refractivity (Wildman–Crippen MR) is 126 cm³/mol. The molecule has 2 rings (SSSR count). The molecule has 0 aliphatic heterocycles. The van der Waals surface area contributed by atoms with Gasteiger partial charge in [-0.2, -0.15) is 0 Å². The van der Waals surface area contributed by atoms with Crippen molar-refractivity contribution in [2.75, 3.05) is 12.4 Å². The molecule has 2 aromatic rings. The van der Waals surface area contributed by atoms with Crippen LogP contribution in [0, 0.1) is 6.92 Å². The average molecular weight is 473 g/mol. The molecule has 1 unspecified atom stereocenters. The molecule has 1 atom stereocenters. The van der Waals surface area contributed by atoms with E-state index in [0.717, 1.165) is 5.56 Å². The molecule has 0 heterocycles. The minimum atomic E-state index is -1.04. The van der Waals surface area contributed by atoms with Crippen LogP contribution in [0.25, 0.3) is 0 Å². The van der Waals surface area contributed by atoms with Crippen molar-refractivity contribution in [1.82, 2.24) is 5.32 Å². The molecule has 3 N–H and O–H groups in total. The standard InChI is InChI=1S/C25H32N2O7/c1-16-11-18(19(14-28)13-20(16)26-24(31)34-25(2,3)4)12-21(22(29)32-5)27-23(30)33-15-17-9-7-6-8-10-17/h6-11,13,21,28H,12,14-15H2,1-5H3,(H,26,31)(H,27,30). The molecule has 0 bridgehead atoms. The Labute approximate surface area is 199 Å². The van der Waals surface area contributed by atoms with Crippen LogP contribution in [0.5, 0.6) is 0 Å². The van der Waals surface area contributed by atoms with Gasteiger partial charge in [-0.15, -0.1) is 0 Å². The van der Waals surface area contributed by atoms with Gasteiger partial charge in [0.15, 0.2) is 0 Å². The topological polar surface area (TPSA) is 123 Å². The van der Waals surface area contributed by atoms with E-state index in [9.17, 15) is 19.5 Å². The summed E-state index contributed by atoms with van der Waals surface area (Å²) in [6.07, 6.45) is -1.34. The minimum Gasteiger partial charge on any atom is -0.467 e. The number of alkyl carbamates (subject to hydrolysis) is 1. The Hall–Kier alpha value is -3.59. The zero-order chi connectivity index (χ0) is 25.3. The van der Waals surface area contributed by atoms with E-state index in [4.69, 9.17) is 14.2 Å². The third-order valence-corrected chi connectivity index (χ3v) is 4.77. The van der Waals surface area contributed by atoms with Gasteiger partial charge in [-0.25, -0.2) is 14.4 Å². The van der Waals surface area contributed by atoms with Crippen molar-refractivity contribution >= 4 is 23.8 Å². The first kappa shape index (κ1) is 26.7. The van der Waals surface area contributed by atoms with Gasteiger partial charge in [0.2, 0.25) is 0 Å². The van der Waals surface area contributed by atoms with Crippen LogP contribution < -0.4 is 10.6 Å². The molecule has 2 aromatic carbocycles. The molecule has 2 amide bonds. The first-order valence-corrected chi connectivity index (χ1v) is 10.8. The maximum atomic E-state index is 12.3. The summed E-state index contributed by atoms with van der Waals surface area (Å²) in [5.74, 6) is -0.658. The third-order valence-electron chi connectivity index (χ3n) is 4.77.